The number of aromatic nitrogens is 1. The van der Waals surface area contributed by atoms with E-state index < -0.39 is 5.97 Å². The Kier molecular flexibility index (Phi) is 4.06. The molecule has 3 rings (SSSR count). The van der Waals surface area contributed by atoms with Gasteiger partial charge in [0, 0.05) is 16.0 Å². The summed E-state index contributed by atoms with van der Waals surface area (Å²) in [4.78, 5) is 16.4. The van der Waals surface area contributed by atoms with Crippen LogP contribution in [-0.2, 0) is 5.41 Å². The van der Waals surface area contributed by atoms with Crippen molar-refractivity contribution in [2.45, 2.75) is 26.2 Å². The Morgan fingerprint density at radius 2 is 1.71 bits per heavy atom. The highest BCUT2D eigenvalue weighted by atomic mass is 35.5. The van der Waals surface area contributed by atoms with Crippen molar-refractivity contribution >= 4 is 28.5 Å². The SMILES string of the molecule is CC(C)(C)c1ccc2nc(-c3ccc(Cl)cc3)cc(C(=O)O)c2c1. The molecule has 2 aromatic carbocycles. The molecule has 0 unspecified atom stereocenters. The molecule has 0 spiro atoms. The molecule has 0 aliphatic heterocycles. The quantitative estimate of drug-likeness (QED) is 0.665. The fourth-order valence-electron chi connectivity index (χ4n) is 2.64. The summed E-state index contributed by atoms with van der Waals surface area (Å²) in [5.74, 6) is -0.955. The summed E-state index contributed by atoms with van der Waals surface area (Å²) in [6, 6.07) is 14.7. The molecule has 3 aromatic rings. The van der Waals surface area contributed by atoms with Gasteiger partial charge in [-0.15, -0.1) is 0 Å². The third-order valence-electron chi connectivity index (χ3n) is 4.05. The third kappa shape index (κ3) is 3.13. The zero-order chi connectivity index (χ0) is 17.5. The molecule has 24 heavy (non-hydrogen) atoms. The minimum Gasteiger partial charge on any atom is -0.478 e. The van der Waals surface area contributed by atoms with Gasteiger partial charge in [0.15, 0.2) is 0 Å². The molecule has 1 aromatic heterocycles. The number of pyridine rings is 1. The Morgan fingerprint density at radius 3 is 2.29 bits per heavy atom. The Morgan fingerprint density at radius 1 is 1.04 bits per heavy atom. The van der Waals surface area contributed by atoms with Gasteiger partial charge in [0.2, 0.25) is 0 Å². The number of carbonyl (C=O) groups is 1. The van der Waals surface area contributed by atoms with Crippen molar-refractivity contribution in [1.29, 1.82) is 0 Å². The van der Waals surface area contributed by atoms with E-state index in [2.05, 4.69) is 25.8 Å². The second-order valence-electron chi connectivity index (χ2n) is 6.85. The largest absolute Gasteiger partial charge is 0.478 e. The van der Waals surface area contributed by atoms with Crippen LogP contribution in [0.2, 0.25) is 5.02 Å². The predicted molar refractivity (Wildman–Crippen MR) is 97.8 cm³/mol. The van der Waals surface area contributed by atoms with Gasteiger partial charge in [-0.05, 0) is 41.3 Å². The van der Waals surface area contributed by atoms with Crippen LogP contribution in [0.25, 0.3) is 22.2 Å². The molecule has 0 bridgehead atoms. The first-order valence-corrected chi connectivity index (χ1v) is 8.08. The van der Waals surface area contributed by atoms with E-state index in [0.29, 0.717) is 21.6 Å². The summed E-state index contributed by atoms with van der Waals surface area (Å²) in [6.45, 7) is 6.30. The van der Waals surface area contributed by atoms with Crippen molar-refractivity contribution in [3.63, 3.8) is 0 Å². The van der Waals surface area contributed by atoms with Crippen molar-refractivity contribution in [2.24, 2.45) is 0 Å². The molecule has 0 fully saturated rings. The number of fused-ring (bicyclic) bond motifs is 1. The number of carboxylic acid groups (broad SMARTS) is 1. The Bertz CT molecular complexity index is 925. The summed E-state index contributed by atoms with van der Waals surface area (Å²) in [6.07, 6.45) is 0. The van der Waals surface area contributed by atoms with Crippen molar-refractivity contribution in [2.75, 3.05) is 0 Å². The van der Waals surface area contributed by atoms with Crippen LogP contribution in [0.4, 0.5) is 0 Å². The summed E-state index contributed by atoms with van der Waals surface area (Å²) in [7, 11) is 0. The Labute approximate surface area is 145 Å². The number of hydrogen-bond acceptors (Lipinski definition) is 2. The van der Waals surface area contributed by atoms with E-state index in [4.69, 9.17) is 11.6 Å². The van der Waals surface area contributed by atoms with Crippen LogP contribution in [-0.4, -0.2) is 16.1 Å². The van der Waals surface area contributed by atoms with Gasteiger partial charge in [-0.2, -0.15) is 0 Å². The molecular formula is C20H18ClNO2. The lowest BCUT2D eigenvalue weighted by Gasteiger charge is -2.20. The zero-order valence-electron chi connectivity index (χ0n) is 13.8. The van der Waals surface area contributed by atoms with Gasteiger partial charge in [0.1, 0.15) is 0 Å². The van der Waals surface area contributed by atoms with Crippen molar-refractivity contribution in [3.8, 4) is 11.3 Å². The topological polar surface area (TPSA) is 50.2 Å². The van der Waals surface area contributed by atoms with Gasteiger partial charge in [0.05, 0.1) is 16.8 Å². The van der Waals surface area contributed by atoms with Gasteiger partial charge in [-0.3, -0.25) is 0 Å². The molecular weight excluding hydrogens is 322 g/mol. The molecule has 1 N–H and O–H groups in total. The van der Waals surface area contributed by atoms with Crippen LogP contribution < -0.4 is 0 Å². The lowest BCUT2D eigenvalue weighted by atomic mass is 9.86. The smallest absolute Gasteiger partial charge is 0.336 e. The molecule has 0 aliphatic rings. The van der Waals surface area contributed by atoms with Crippen molar-refractivity contribution in [3.05, 3.63) is 64.7 Å². The van der Waals surface area contributed by atoms with Gasteiger partial charge in [0.25, 0.3) is 0 Å². The van der Waals surface area contributed by atoms with Gasteiger partial charge in [-0.25, -0.2) is 9.78 Å². The normalized spacial score (nSPS) is 11.7. The van der Waals surface area contributed by atoms with Gasteiger partial charge >= 0.3 is 5.97 Å². The second kappa shape index (κ2) is 5.91. The molecule has 0 amide bonds. The maximum Gasteiger partial charge on any atom is 0.336 e. The lowest BCUT2D eigenvalue weighted by molar-refractivity contribution is 0.0699. The highest BCUT2D eigenvalue weighted by Crippen LogP contribution is 2.30. The molecule has 0 radical (unpaired) electrons. The average molecular weight is 340 g/mol. The minimum absolute atomic E-state index is 0.0567. The van der Waals surface area contributed by atoms with E-state index in [1.54, 1.807) is 18.2 Å². The molecule has 0 atom stereocenters. The lowest BCUT2D eigenvalue weighted by Crippen LogP contribution is -2.11. The summed E-state index contributed by atoms with van der Waals surface area (Å²) in [5.41, 5.74) is 3.42. The first kappa shape index (κ1) is 16.5. The van der Waals surface area contributed by atoms with Crippen molar-refractivity contribution < 1.29 is 9.90 Å². The van der Waals surface area contributed by atoms with Crippen LogP contribution in [0, 0.1) is 0 Å². The molecule has 4 heteroatoms. The number of nitrogens with zero attached hydrogens (tertiary/aromatic N) is 1. The zero-order valence-corrected chi connectivity index (χ0v) is 14.6. The molecule has 122 valence electrons. The first-order valence-electron chi connectivity index (χ1n) is 7.70. The van der Waals surface area contributed by atoms with E-state index in [1.165, 1.54) is 0 Å². The van der Waals surface area contributed by atoms with E-state index in [-0.39, 0.29) is 11.0 Å². The van der Waals surface area contributed by atoms with E-state index in [0.717, 1.165) is 11.1 Å². The first-order chi connectivity index (χ1) is 11.3. The number of benzene rings is 2. The number of hydrogen-bond donors (Lipinski definition) is 1. The van der Waals surface area contributed by atoms with Gasteiger partial charge in [-0.1, -0.05) is 50.6 Å². The highest BCUT2D eigenvalue weighted by Gasteiger charge is 2.18. The Hall–Kier alpha value is -2.39. The highest BCUT2D eigenvalue weighted by molar-refractivity contribution is 6.30. The second-order valence-corrected chi connectivity index (χ2v) is 7.29. The summed E-state index contributed by atoms with van der Waals surface area (Å²) >= 11 is 5.92. The summed E-state index contributed by atoms with van der Waals surface area (Å²) < 4.78 is 0. The maximum atomic E-state index is 11.8. The fourth-order valence-corrected chi connectivity index (χ4v) is 2.76. The standard InChI is InChI=1S/C20H18ClNO2/c1-20(2,3)13-6-9-17-15(10-13)16(19(23)24)11-18(22-17)12-4-7-14(21)8-5-12/h4-11H,1-3H3,(H,23,24). The van der Waals surface area contributed by atoms with Crippen molar-refractivity contribution in [1.82, 2.24) is 4.98 Å². The molecule has 3 nitrogen and oxygen atoms in total. The number of rotatable bonds is 2. The van der Waals surface area contributed by atoms with Crippen LogP contribution >= 0.6 is 11.6 Å². The minimum atomic E-state index is -0.955. The third-order valence-corrected chi connectivity index (χ3v) is 4.30. The predicted octanol–water partition coefficient (Wildman–Crippen LogP) is 5.55. The van der Waals surface area contributed by atoms with E-state index in [9.17, 15) is 9.90 Å². The molecule has 0 aliphatic carbocycles. The number of halogens is 1. The monoisotopic (exact) mass is 339 g/mol. The van der Waals surface area contributed by atoms with Crippen LogP contribution in [0.3, 0.4) is 0 Å². The van der Waals surface area contributed by atoms with Crippen LogP contribution in [0.15, 0.2) is 48.5 Å². The van der Waals surface area contributed by atoms with Crippen LogP contribution in [0.5, 0.6) is 0 Å². The molecule has 1 heterocycles. The Balaban J connectivity index is 2.25. The van der Waals surface area contributed by atoms with E-state index in [1.807, 2.05) is 30.3 Å². The molecule has 0 saturated heterocycles. The van der Waals surface area contributed by atoms with Crippen LogP contribution in [0.1, 0.15) is 36.7 Å². The number of aromatic carboxylic acids is 1. The van der Waals surface area contributed by atoms with E-state index >= 15 is 0 Å². The maximum absolute atomic E-state index is 11.8. The fraction of sp³-hybridized carbons (Fsp3) is 0.200. The molecule has 0 saturated carbocycles. The number of carboxylic acids is 1. The van der Waals surface area contributed by atoms with Gasteiger partial charge < -0.3 is 5.11 Å². The average Bonchev–Trinajstić information content (AvgIpc) is 2.53. The summed E-state index contributed by atoms with van der Waals surface area (Å²) in [5, 5.41) is 10.9.